The second-order valence-electron chi connectivity index (χ2n) is 13.7. The van der Waals surface area contributed by atoms with Gasteiger partial charge in [0.05, 0.1) is 29.8 Å². The van der Waals surface area contributed by atoms with Gasteiger partial charge in [0, 0.05) is 37.1 Å². The molecule has 4 aliphatic rings. The van der Waals surface area contributed by atoms with Crippen LogP contribution in [0.4, 0.5) is 4.79 Å². The fraction of sp³-hybridized carbons (Fsp3) is 0.472. The van der Waals surface area contributed by atoms with Crippen molar-refractivity contribution in [2.24, 2.45) is 5.92 Å². The Morgan fingerprint density at radius 2 is 1.86 bits per heavy atom. The summed E-state index contributed by atoms with van der Waals surface area (Å²) in [6, 6.07) is 11.9. The standard InChI is InChI=1S/C36H42N6O7S/c1-22-29(48-3)17-16-27-30(22)37-31(23-11-7-6-8-12-23)38-33(27)49-25-19-28-32(43)39-36(34(44)40-50(46,47)26-14-15-26)20-24(36)13-9-4-5-10-18-41(2)35(45)42(28)21-25/h6-9,11-13,16-17,24-26,28H,4-5,10,14-15,18-21H2,1-3H3,(H,39,43)(H,40,44)/b13-9-. The summed E-state index contributed by atoms with van der Waals surface area (Å²) in [4.78, 5) is 54.4. The van der Waals surface area contributed by atoms with E-state index < -0.39 is 44.8 Å². The Labute approximate surface area is 291 Å². The van der Waals surface area contributed by atoms with Crippen molar-refractivity contribution in [1.29, 1.82) is 0 Å². The van der Waals surface area contributed by atoms with Crippen LogP contribution >= 0.6 is 0 Å². The van der Waals surface area contributed by atoms with Crippen molar-refractivity contribution in [2.75, 3.05) is 27.2 Å². The molecule has 2 aliphatic heterocycles. The van der Waals surface area contributed by atoms with Gasteiger partial charge in [-0.2, -0.15) is 4.98 Å². The lowest BCUT2D eigenvalue weighted by molar-refractivity contribution is -0.131. The highest BCUT2D eigenvalue weighted by Gasteiger charge is 2.62. The monoisotopic (exact) mass is 702 g/mol. The van der Waals surface area contributed by atoms with Crippen LogP contribution in [-0.4, -0.2) is 96.2 Å². The molecule has 3 aromatic rings. The molecule has 0 spiro atoms. The third-order valence-electron chi connectivity index (χ3n) is 10.2. The smallest absolute Gasteiger partial charge is 0.320 e. The van der Waals surface area contributed by atoms with E-state index in [2.05, 4.69) is 10.0 Å². The first-order valence-electron chi connectivity index (χ1n) is 17.1. The van der Waals surface area contributed by atoms with Gasteiger partial charge >= 0.3 is 6.03 Å². The molecule has 7 rings (SSSR count). The summed E-state index contributed by atoms with van der Waals surface area (Å²) in [5, 5.41) is 2.97. The number of aromatic nitrogens is 2. The summed E-state index contributed by atoms with van der Waals surface area (Å²) >= 11 is 0. The van der Waals surface area contributed by atoms with E-state index in [-0.39, 0.29) is 31.3 Å². The van der Waals surface area contributed by atoms with E-state index >= 15 is 0 Å². The van der Waals surface area contributed by atoms with Crippen LogP contribution in [0.5, 0.6) is 11.6 Å². The molecule has 2 aromatic carbocycles. The predicted molar refractivity (Wildman–Crippen MR) is 186 cm³/mol. The highest BCUT2D eigenvalue weighted by Crippen LogP contribution is 2.46. The number of amides is 4. The van der Waals surface area contributed by atoms with Crippen LogP contribution in [0.25, 0.3) is 22.3 Å². The van der Waals surface area contributed by atoms with Gasteiger partial charge in [0.1, 0.15) is 23.4 Å². The molecule has 4 amide bonds. The van der Waals surface area contributed by atoms with Gasteiger partial charge in [0.25, 0.3) is 5.91 Å². The van der Waals surface area contributed by atoms with Gasteiger partial charge in [-0.1, -0.05) is 42.5 Å². The van der Waals surface area contributed by atoms with Gasteiger partial charge in [-0.25, -0.2) is 18.2 Å². The Hall–Kier alpha value is -4.72. The fourth-order valence-electron chi connectivity index (χ4n) is 6.97. The molecule has 1 saturated heterocycles. The van der Waals surface area contributed by atoms with Gasteiger partial charge in [-0.05, 0) is 57.6 Å². The van der Waals surface area contributed by atoms with E-state index in [0.29, 0.717) is 47.7 Å². The molecule has 2 saturated carbocycles. The van der Waals surface area contributed by atoms with E-state index in [1.807, 2.05) is 61.5 Å². The van der Waals surface area contributed by atoms with Crippen molar-refractivity contribution in [2.45, 2.75) is 74.8 Å². The molecule has 264 valence electrons. The molecule has 14 heteroatoms. The number of carbonyl (C=O) groups is 3. The van der Waals surface area contributed by atoms with Gasteiger partial charge < -0.3 is 24.6 Å². The Bertz CT molecular complexity index is 1970. The third-order valence-corrected chi connectivity index (χ3v) is 12.0. The second kappa shape index (κ2) is 13.2. The Morgan fingerprint density at radius 1 is 1.08 bits per heavy atom. The van der Waals surface area contributed by atoms with Crippen LogP contribution in [-0.2, 0) is 19.6 Å². The second-order valence-corrected chi connectivity index (χ2v) is 15.7. The van der Waals surface area contributed by atoms with Crippen LogP contribution in [0.1, 0.15) is 50.5 Å². The number of methoxy groups -OCH3 is 1. The summed E-state index contributed by atoms with van der Waals surface area (Å²) in [7, 11) is -0.529. The predicted octanol–water partition coefficient (Wildman–Crippen LogP) is 3.71. The summed E-state index contributed by atoms with van der Waals surface area (Å²) in [5.41, 5.74) is 0.833. The van der Waals surface area contributed by atoms with Crippen LogP contribution in [0.2, 0.25) is 0 Å². The number of benzene rings is 2. The van der Waals surface area contributed by atoms with Gasteiger partial charge in [-0.3, -0.25) is 14.3 Å². The molecular weight excluding hydrogens is 660 g/mol. The molecule has 2 aliphatic carbocycles. The van der Waals surface area contributed by atoms with Crippen molar-refractivity contribution in [3.63, 3.8) is 0 Å². The van der Waals surface area contributed by atoms with Crippen molar-refractivity contribution in [1.82, 2.24) is 29.8 Å². The third kappa shape index (κ3) is 6.48. The van der Waals surface area contributed by atoms with Gasteiger partial charge in [0.2, 0.25) is 21.8 Å². The average molecular weight is 703 g/mol. The van der Waals surface area contributed by atoms with Crippen molar-refractivity contribution >= 4 is 38.8 Å². The van der Waals surface area contributed by atoms with Gasteiger partial charge in [0.15, 0.2) is 5.82 Å². The first kappa shape index (κ1) is 33.8. The number of rotatable bonds is 7. The fourth-order valence-corrected chi connectivity index (χ4v) is 8.33. The zero-order valence-electron chi connectivity index (χ0n) is 28.4. The Morgan fingerprint density at radius 3 is 2.60 bits per heavy atom. The number of hydrogen-bond acceptors (Lipinski definition) is 9. The lowest BCUT2D eigenvalue weighted by Gasteiger charge is -2.30. The minimum absolute atomic E-state index is 0.0984. The van der Waals surface area contributed by atoms with Crippen LogP contribution in [0.3, 0.4) is 0 Å². The lowest BCUT2D eigenvalue weighted by atomic mass is 10.1. The van der Waals surface area contributed by atoms with Crippen molar-refractivity contribution < 1.29 is 32.3 Å². The first-order valence-corrected chi connectivity index (χ1v) is 18.7. The van der Waals surface area contributed by atoms with Gasteiger partial charge in [-0.15, -0.1) is 0 Å². The molecular formula is C36H42N6O7S. The molecule has 4 unspecified atom stereocenters. The van der Waals surface area contributed by atoms with Crippen molar-refractivity contribution in [3.8, 4) is 23.0 Å². The number of carbonyl (C=O) groups excluding carboxylic acids is 3. The SMILES string of the molecule is COc1ccc2c(OC3CC4C(=O)NC5(C(=O)NS(=O)(=O)C6CC6)CC5/C=C\CCCCN(C)C(=O)N4C3)nc(-c3ccccc3)nc2c1C. The number of hydrogen-bond donors (Lipinski definition) is 2. The highest BCUT2D eigenvalue weighted by molar-refractivity contribution is 7.91. The molecule has 0 bridgehead atoms. The quantitative estimate of drug-likeness (QED) is 0.350. The number of sulfonamides is 1. The van der Waals surface area contributed by atoms with E-state index in [9.17, 15) is 22.8 Å². The number of nitrogens with one attached hydrogen (secondary N) is 2. The summed E-state index contributed by atoms with van der Waals surface area (Å²) < 4.78 is 39.9. The highest BCUT2D eigenvalue weighted by atomic mass is 32.2. The maximum Gasteiger partial charge on any atom is 0.320 e. The number of ether oxygens (including phenoxy) is 2. The van der Waals surface area contributed by atoms with Crippen LogP contribution < -0.4 is 19.5 Å². The summed E-state index contributed by atoms with van der Waals surface area (Å²) in [6.07, 6.45) is 6.94. The molecule has 3 heterocycles. The zero-order valence-corrected chi connectivity index (χ0v) is 29.2. The molecule has 4 atom stereocenters. The molecule has 50 heavy (non-hydrogen) atoms. The summed E-state index contributed by atoms with van der Waals surface area (Å²) in [6.45, 7) is 2.52. The number of fused-ring (bicyclic) bond motifs is 3. The average Bonchev–Trinajstić information content (AvgIpc) is 4.03. The molecule has 3 fully saturated rings. The lowest BCUT2D eigenvalue weighted by Crippen LogP contribution is -2.57. The molecule has 0 radical (unpaired) electrons. The Kier molecular flexibility index (Phi) is 8.91. The van der Waals surface area contributed by atoms with Crippen LogP contribution in [0.15, 0.2) is 54.6 Å². The van der Waals surface area contributed by atoms with E-state index in [1.165, 1.54) is 4.90 Å². The first-order chi connectivity index (χ1) is 24.0. The zero-order chi connectivity index (χ0) is 35.2. The molecule has 1 aromatic heterocycles. The Balaban J connectivity index is 1.21. The molecule has 13 nitrogen and oxygen atoms in total. The van der Waals surface area contributed by atoms with E-state index in [0.717, 1.165) is 30.4 Å². The molecule has 2 N–H and O–H groups in total. The number of aryl methyl sites for hydroxylation is 1. The van der Waals surface area contributed by atoms with E-state index in [4.69, 9.17) is 19.4 Å². The number of allylic oxidation sites excluding steroid dienone is 1. The minimum Gasteiger partial charge on any atom is -0.496 e. The number of urea groups is 1. The minimum atomic E-state index is -3.84. The number of nitrogens with zero attached hydrogens (tertiary/aromatic N) is 4. The summed E-state index contributed by atoms with van der Waals surface area (Å²) in [5.74, 6) is -0.218. The van der Waals surface area contributed by atoms with Crippen molar-refractivity contribution in [3.05, 3.63) is 60.2 Å². The maximum atomic E-state index is 14.2. The maximum absolute atomic E-state index is 14.2. The topological polar surface area (TPSA) is 160 Å². The van der Waals surface area contributed by atoms with E-state index in [1.54, 1.807) is 19.1 Å². The largest absolute Gasteiger partial charge is 0.496 e. The normalized spacial score (nSPS) is 26.3. The van der Waals surface area contributed by atoms with Crippen LogP contribution in [0, 0.1) is 12.8 Å².